The molecule has 3 rings (SSSR count). The van der Waals surface area contributed by atoms with Crippen molar-refractivity contribution in [2.24, 2.45) is 0 Å². The van der Waals surface area contributed by atoms with Gasteiger partial charge in [0, 0.05) is 11.6 Å². The molecule has 0 aliphatic carbocycles. The van der Waals surface area contributed by atoms with E-state index in [-0.39, 0.29) is 29.6 Å². The number of carbonyl (C=O) groups is 2. The predicted octanol–water partition coefficient (Wildman–Crippen LogP) is 3.16. The van der Waals surface area contributed by atoms with E-state index in [9.17, 15) is 19.7 Å². The van der Waals surface area contributed by atoms with E-state index in [1.54, 1.807) is 24.3 Å². The van der Waals surface area contributed by atoms with Gasteiger partial charge in [-0.15, -0.1) is 0 Å². The number of methoxy groups -OCH3 is 1. The fourth-order valence-corrected chi connectivity index (χ4v) is 2.65. The molecule has 1 heterocycles. The largest absolute Gasteiger partial charge is 0.497 e. The first-order chi connectivity index (χ1) is 13.9. The first-order valence-electron chi connectivity index (χ1n) is 8.54. The summed E-state index contributed by atoms with van der Waals surface area (Å²) in [4.78, 5) is 35.1. The normalized spacial score (nSPS) is 13.2. The van der Waals surface area contributed by atoms with Gasteiger partial charge >= 0.3 is 5.97 Å². The van der Waals surface area contributed by atoms with Crippen molar-refractivity contribution >= 4 is 23.5 Å². The molecular formula is C20H17NO8. The van der Waals surface area contributed by atoms with E-state index < -0.39 is 17.0 Å². The number of nitrogens with zero attached hydrogens (tertiary/aromatic N) is 1. The standard InChI is InChI=1S/C20H17NO8/c1-12(20(23)13-3-6-15(26-2)7-4-13)29-19(22)8-5-14-9-17-18(28-11-27-17)10-16(14)21(24)25/h3-10,12H,11H2,1-2H3/b8-5+/t12-/m1/s1. The van der Waals surface area contributed by atoms with Crippen LogP contribution >= 0.6 is 0 Å². The van der Waals surface area contributed by atoms with Crippen molar-refractivity contribution < 1.29 is 33.5 Å². The van der Waals surface area contributed by atoms with E-state index in [1.165, 1.54) is 32.2 Å². The second-order valence-electron chi connectivity index (χ2n) is 6.03. The molecule has 29 heavy (non-hydrogen) atoms. The molecule has 0 N–H and O–H groups in total. The van der Waals surface area contributed by atoms with E-state index in [1.807, 2.05) is 0 Å². The Balaban J connectivity index is 1.69. The number of hydrogen-bond acceptors (Lipinski definition) is 8. The van der Waals surface area contributed by atoms with Crippen LogP contribution in [-0.4, -0.2) is 36.7 Å². The van der Waals surface area contributed by atoms with Gasteiger partial charge in [-0.3, -0.25) is 14.9 Å². The van der Waals surface area contributed by atoms with Crippen molar-refractivity contribution in [3.05, 3.63) is 63.7 Å². The fourth-order valence-electron chi connectivity index (χ4n) is 2.65. The van der Waals surface area contributed by atoms with Gasteiger partial charge in [-0.2, -0.15) is 0 Å². The molecule has 0 saturated heterocycles. The highest BCUT2D eigenvalue weighted by atomic mass is 16.7. The first kappa shape index (κ1) is 19.9. The molecule has 0 saturated carbocycles. The minimum Gasteiger partial charge on any atom is -0.497 e. The Morgan fingerprint density at radius 2 is 1.83 bits per heavy atom. The van der Waals surface area contributed by atoms with Crippen molar-refractivity contribution in [3.8, 4) is 17.2 Å². The summed E-state index contributed by atoms with van der Waals surface area (Å²) >= 11 is 0. The summed E-state index contributed by atoms with van der Waals surface area (Å²) < 4.78 is 20.4. The van der Waals surface area contributed by atoms with Gasteiger partial charge in [0.15, 0.2) is 17.6 Å². The van der Waals surface area contributed by atoms with E-state index in [0.717, 1.165) is 6.08 Å². The highest BCUT2D eigenvalue weighted by molar-refractivity contribution is 6.01. The molecule has 0 spiro atoms. The second-order valence-corrected chi connectivity index (χ2v) is 6.03. The summed E-state index contributed by atoms with van der Waals surface area (Å²) in [6.07, 6.45) is 1.21. The van der Waals surface area contributed by atoms with Gasteiger partial charge in [0.2, 0.25) is 12.6 Å². The third-order valence-corrected chi connectivity index (χ3v) is 4.15. The smallest absolute Gasteiger partial charge is 0.331 e. The van der Waals surface area contributed by atoms with Gasteiger partial charge in [0.25, 0.3) is 5.69 Å². The number of benzene rings is 2. The molecule has 1 atom stereocenters. The molecule has 1 aliphatic heterocycles. The number of rotatable bonds is 7. The van der Waals surface area contributed by atoms with E-state index in [0.29, 0.717) is 17.1 Å². The average molecular weight is 399 g/mol. The molecule has 150 valence electrons. The van der Waals surface area contributed by atoms with Crippen LogP contribution in [0.25, 0.3) is 6.08 Å². The van der Waals surface area contributed by atoms with Crippen LogP contribution in [0.5, 0.6) is 17.2 Å². The van der Waals surface area contributed by atoms with E-state index >= 15 is 0 Å². The monoisotopic (exact) mass is 399 g/mol. The van der Waals surface area contributed by atoms with Gasteiger partial charge in [-0.05, 0) is 43.3 Å². The summed E-state index contributed by atoms with van der Waals surface area (Å²) in [7, 11) is 1.51. The number of hydrogen-bond donors (Lipinski definition) is 0. The minimum atomic E-state index is -1.03. The van der Waals surface area contributed by atoms with E-state index in [4.69, 9.17) is 18.9 Å². The molecule has 1 aliphatic rings. The predicted molar refractivity (Wildman–Crippen MR) is 101 cm³/mol. The van der Waals surface area contributed by atoms with Gasteiger partial charge < -0.3 is 18.9 Å². The Bertz CT molecular complexity index is 981. The zero-order valence-corrected chi connectivity index (χ0v) is 15.6. The third kappa shape index (κ3) is 4.52. The Hall–Kier alpha value is -3.88. The van der Waals surface area contributed by atoms with Crippen LogP contribution < -0.4 is 14.2 Å². The quantitative estimate of drug-likeness (QED) is 0.229. The van der Waals surface area contributed by atoms with Crippen LogP contribution in [0.3, 0.4) is 0 Å². The number of nitro groups is 1. The molecular weight excluding hydrogens is 382 g/mol. The number of Topliss-reactive ketones (excluding diaryl/α,β-unsaturated/α-hetero) is 1. The molecule has 0 unspecified atom stereocenters. The van der Waals surface area contributed by atoms with Gasteiger partial charge in [0.1, 0.15) is 5.75 Å². The first-order valence-corrected chi connectivity index (χ1v) is 8.54. The van der Waals surface area contributed by atoms with Crippen LogP contribution in [-0.2, 0) is 9.53 Å². The van der Waals surface area contributed by atoms with Crippen LogP contribution in [0.4, 0.5) is 5.69 Å². The molecule has 9 heteroatoms. The summed E-state index contributed by atoms with van der Waals surface area (Å²) in [5.74, 6) is -0.00366. The number of ether oxygens (including phenoxy) is 4. The van der Waals surface area contributed by atoms with Crippen molar-refractivity contribution in [1.82, 2.24) is 0 Å². The summed E-state index contributed by atoms with van der Waals surface area (Å²) in [5, 5.41) is 11.2. The van der Waals surface area contributed by atoms with Crippen LogP contribution in [0, 0.1) is 10.1 Å². The molecule has 0 amide bonds. The number of ketones is 1. The third-order valence-electron chi connectivity index (χ3n) is 4.15. The van der Waals surface area contributed by atoms with Crippen molar-refractivity contribution in [1.29, 1.82) is 0 Å². The fraction of sp³-hybridized carbons (Fsp3) is 0.200. The summed E-state index contributed by atoms with van der Waals surface area (Å²) in [6.45, 7) is 1.41. The lowest BCUT2D eigenvalue weighted by molar-refractivity contribution is -0.385. The zero-order valence-electron chi connectivity index (χ0n) is 15.6. The highest BCUT2D eigenvalue weighted by Crippen LogP contribution is 2.38. The SMILES string of the molecule is COc1ccc(C(=O)[C@@H](C)OC(=O)/C=C/c2cc3c(cc2[N+](=O)[O-])OCO3)cc1. The Morgan fingerprint density at radius 3 is 2.45 bits per heavy atom. The maximum atomic E-state index is 12.4. The Morgan fingerprint density at radius 1 is 1.17 bits per heavy atom. The summed E-state index contributed by atoms with van der Waals surface area (Å²) in [5.41, 5.74) is 0.257. The minimum absolute atomic E-state index is 0.0350. The Kier molecular flexibility index (Phi) is 5.77. The van der Waals surface area contributed by atoms with Crippen LogP contribution in [0.2, 0.25) is 0 Å². The maximum absolute atomic E-state index is 12.4. The zero-order chi connectivity index (χ0) is 21.0. The number of fused-ring (bicyclic) bond motifs is 1. The van der Waals surface area contributed by atoms with Gasteiger partial charge in [-0.1, -0.05) is 0 Å². The number of nitro benzene ring substituents is 1. The van der Waals surface area contributed by atoms with Crippen molar-refractivity contribution in [3.63, 3.8) is 0 Å². The van der Waals surface area contributed by atoms with Gasteiger partial charge in [-0.25, -0.2) is 4.79 Å². The topological polar surface area (TPSA) is 114 Å². The molecule has 9 nitrogen and oxygen atoms in total. The molecule has 2 aromatic rings. The number of esters is 1. The Labute approximate surface area is 165 Å². The van der Waals surface area contributed by atoms with Crippen molar-refractivity contribution in [2.75, 3.05) is 13.9 Å². The van der Waals surface area contributed by atoms with Crippen molar-refractivity contribution in [2.45, 2.75) is 13.0 Å². The van der Waals surface area contributed by atoms with Crippen LogP contribution in [0.1, 0.15) is 22.8 Å². The molecule has 0 radical (unpaired) electrons. The van der Waals surface area contributed by atoms with E-state index in [2.05, 4.69) is 0 Å². The maximum Gasteiger partial charge on any atom is 0.331 e. The molecule has 2 aromatic carbocycles. The lowest BCUT2D eigenvalue weighted by atomic mass is 10.1. The molecule has 0 aromatic heterocycles. The molecule has 0 bridgehead atoms. The summed E-state index contributed by atoms with van der Waals surface area (Å²) in [6, 6.07) is 9.01. The average Bonchev–Trinajstić information content (AvgIpc) is 3.18. The van der Waals surface area contributed by atoms with Gasteiger partial charge in [0.05, 0.1) is 23.7 Å². The molecule has 0 fully saturated rings. The highest BCUT2D eigenvalue weighted by Gasteiger charge is 2.23. The lowest BCUT2D eigenvalue weighted by Crippen LogP contribution is -2.23. The lowest BCUT2D eigenvalue weighted by Gasteiger charge is -2.11. The van der Waals surface area contributed by atoms with Crippen LogP contribution in [0.15, 0.2) is 42.5 Å². The number of carbonyl (C=O) groups excluding carboxylic acids is 2. The second kappa shape index (κ2) is 8.42.